The van der Waals surface area contributed by atoms with Crippen LogP contribution in [0.4, 0.5) is 4.39 Å². The number of halogens is 1. The number of carbonyl (C=O) groups is 1. The fourth-order valence-corrected chi connectivity index (χ4v) is 3.00. The molecule has 0 saturated carbocycles. The minimum Gasteiger partial charge on any atom is -0.343 e. The summed E-state index contributed by atoms with van der Waals surface area (Å²) in [5, 5.41) is 3.58. The molecule has 0 spiro atoms. The van der Waals surface area contributed by atoms with Crippen molar-refractivity contribution in [3.8, 4) is 5.69 Å². The number of nitrogens with zero attached hydrogens (tertiary/aromatic N) is 3. The van der Waals surface area contributed by atoms with Gasteiger partial charge in [0, 0.05) is 11.9 Å². The molecule has 0 bridgehead atoms. The van der Waals surface area contributed by atoms with E-state index in [1.807, 2.05) is 31.4 Å². The van der Waals surface area contributed by atoms with Crippen molar-refractivity contribution < 1.29 is 9.18 Å². The first-order valence-corrected chi connectivity index (χ1v) is 8.92. The number of carbonyl (C=O) groups excluding carboxylic acids is 1. The van der Waals surface area contributed by atoms with Gasteiger partial charge < -0.3 is 5.32 Å². The molecule has 0 aliphatic carbocycles. The van der Waals surface area contributed by atoms with Crippen LogP contribution in [0.2, 0.25) is 0 Å². The number of imidazole rings is 1. The maximum atomic E-state index is 13.2. The molecule has 0 aliphatic rings. The van der Waals surface area contributed by atoms with Gasteiger partial charge in [-0.15, -0.1) is 0 Å². The second-order valence-corrected chi connectivity index (χ2v) is 6.17. The predicted octanol–water partition coefficient (Wildman–Crippen LogP) is 3.62. The van der Waals surface area contributed by atoms with Crippen molar-refractivity contribution in [2.75, 3.05) is 6.26 Å². The predicted molar refractivity (Wildman–Crippen MR) is 95.4 cm³/mol. The van der Waals surface area contributed by atoms with Gasteiger partial charge >= 0.3 is 0 Å². The molecule has 1 atom stereocenters. The molecule has 0 unspecified atom stereocenters. The topological polar surface area (TPSA) is 59.8 Å². The molecule has 3 rings (SSSR count). The molecule has 25 heavy (non-hydrogen) atoms. The Kier molecular flexibility index (Phi) is 5.14. The zero-order chi connectivity index (χ0) is 17.8. The molecule has 5 nitrogen and oxygen atoms in total. The number of nitrogens with one attached hydrogen (secondary N) is 1. The van der Waals surface area contributed by atoms with E-state index in [0.29, 0.717) is 16.5 Å². The minimum absolute atomic E-state index is 0.247. The van der Waals surface area contributed by atoms with Crippen molar-refractivity contribution in [3.63, 3.8) is 0 Å². The van der Waals surface area contributed by atoms with Crippen LogP contribution in [-0.4, -0.2) is 26.7 Å². The quantitative estimate of drug-likeness (QED) is 0.710. The van der Waals surface area contributed by atoms with Gasteiger partial charge in [-0.1, -0.05) is 17.8 Å². The summed E-state index contributed by atoms with van der Waals surface area (Å²) in [4.78, 5) is 21.3. The van der Waals surface area contributed by atoms with E-state index in [4.69, 9.17) is 0 Å². The summed E-state index contributed by atoms with van der Waals surface area (Å²) in [5.41, 5.74) is 1.84. The van der Waals surface area contributed by atoms with E-state index in [0.717, 1.165) is 5.69 Å². The normalized spacial score (nSPS) is 12.0. The third-order valence-electron chi connectivity index (χ3n) is 3.71. The van der Waals surface area contributed by atoms with Crippen LogP contribution in [0.15, 0.2) is 60.0 Å². The van der Waals surface area contributed by atoms with E-state index in [-0.39, 0.29) is 17.8 Å². The molecule has 3 aromatic rings. The van der Waals surface area contributed by atoms with Crippen molar-refractivity contribution in [1.29, 1.82) is 0 Å². The summed E-state index contributed by atoms with van der Waals surface area (Å²) < 4.78 is 14.9. The molecule has 0 radical (unpaired) electrons. The zero-order valence-corrected chi connectivity index (χ0v) is 14.6. The average Bonchev–Trinajstić information content (AvgIpc) is 3.07. The second-order valence-electron chi connectivity index (χ2n) is 5.39. The molecule has 0 saturated heterocycles. The van der Waals surface area contributed by atoms with Gasteiger partial charge in [0.25, 0.3) is 5.91 Å². The lowest BCUT2D eigenvalue weighted by Crippen LogP contribution is -2.29. The first kappa shape index (κ1) is 17.2. The van der Waals surface area contributed by atoms with Crippen LogP contribution in [0, 0.1) is 5.82 Å². The molecule has 1 aromatic carbocycles. The lowest BCUT2D eigenvalue weighted by molar-refractivity contribution is 0.0931. The van der Waals surface area contributed by atoms with Crippen LogP contribution in [0.5, 0.6) is 0 Å². The van der Waals surface area contributed by atoms with Gasteiger partial charge in [-0.3, -0.25) is 14.3 Å². The second kappa shape index (κ2) is 7.48. The number of hydrogen-bond acceptors (Lipinski definition) is 4. The molecular weight excluding hydrogens is 339 g/mol. The van der Waals surface area contributed by atoms with Crippen LogP contribution in [0.25, 0.3) is 5.69 Å². The standard InChI is InChI=1S/C18H17FN4OS/c1-12(15-5-3-4-10-20-15)22-17(24)16-11-21-18(25-2)23(16)14-8-6-13(19)7-9-14/h3-12H,1-2H3,(H,22,24)/t12-/m1/s1. The van der Waals surface area contributed by atoms with Gasteiger partial charge in [0.1, 0.15) is 11.5 Å². The molecule has 128 valence electrons. The molecule has 0 aliphatic heterocycles. The highest BCUT2D eigenvalue weighted by Crippen LogP contribution is 2.22. The Morgan fingerprint density at radius 2 is 1.96 bits per heavy atom. The fourth-order valence-electron chi connectivity index (χ4n) is 2.46. The maximum Gasteiger partial charge on any atom is 0.270 e. The summed E-state index contributed by atoms with van der Waals surface area (Å²) in [6, 6.07) is 11.3. The van der Waals surface area contributed by atoms with Gasteiger partial charge in [0.15, 0.2) is 5.16 Å². The highest BCUT2D eigenvalue weighted by molar-refractivity contribution is 7.98. The first-order valence-electron chi connectivity index (χ1n) is 7.69. The van der Waals surface area contributed by atoms with Gasteiger partial charge in [0.2, 0.25) is 0 Å². The molecule has 1 amide bonds. The van der Waals surface area contributed by atoms with Gasteiger partial charge in [-0.2, -0.15) is 0 Å². The highest BCUT2D eigenvalue weighted by atomic mass is 32.2. The highest BCUT2D eigenvalue weighted by Gasteiger charge is 2.20. The SMILES string of the molecule is CSc1ncc(C(=O)N[C@H](C)c2ccccn2)n1-c1ccc(F)cc1. The Bertz CT molecular complexity index is 865. The molecule has 7 heteroatoms. The van der Waals surface area contributed by atoms with Crippen molar-refractivity contribution in [2.45, 2.75) is 18.1 Å². The monoisotopic (exact) mass is 356 g/mol. The van der Waals surface area contributed by atoms with Crippen molar-refractivity contribution in [3.05, 3.63) is 72.1 Å². The number of benzene rings is 1. The van der Waals surface area contributed by atoms with Crippen LogP contribution < -0.4 is 5.32 Å². The van der Waals surface area contributed by atoms with Crippen LogP contribution in [-0.2, 0) is 0 Å². The van der Waals surface area contributed by atoms with E-state index >= 15 is 0 Å². The first-order chi connectivity index (χ1) is 12.1. The smallest absolute Gasteiger partial charge is 0.270 e. The van der Waals surface area contributed by atoms with E-state index < -0.39 is 0 Å². The zero-order valence-electron chi connectivity index (χ0n) is 13.8. The summed E-state index contributed by atoms with van der Waals surface area (Å²) in [7, 11) is 0. The lowest BCUT2D eigenvalue weighted by Gasteiger charge is -2.15. The Morgan fingerprint density at radius 1 is 1.20 bits per heavy atom. The Morgan fingerprint density at radius 3 is 2.60 bits per heavy atom. The summed E-state index contributed by atoms with van der Waals surface area (Å²) in [5.74, 6) is -0.598. The third-order valence-corrected chi connectivity index (χ3v) is 4.36. The third kappa shape index (κ3) is 3.71. The van der Waals surface area contributed by atoms with Gasteiger partial charge in [-0.05, 0) is 49.6 Å². The van der Waals surface area contributed by atoms with Crippen molar-refractivity contribution in [1.82, 2.24) is 19.9 Å². The van der Waals surface area contributed by atoms with Crippen molar-refractivity contribution in [2.24, 2.45) is 0 Å². The van der Waals surface area contributed by atoms with Crippen LogP contribution >= 0.6 is 11.8 Å². The van der Waals surface area contributed by atoms with E-state index in [1.165, 1.54) is 30.1 Å². The van der Waals surface area contributed by atoms with Crippen LogP contribution in [0.3, 0.4) is 0 Å². The minimum atomic E-state index is -0.329. The molecular formula is C18H17FN4OS. The lowest BCUT2D eigenvalue weighted by atomic mass is 10.2. The summed E-state index contributed by atoms with van der Waals surface area (Å²) in [6.07, 6.45) is 5.09. The van der Waals surface area contributed by atoms with E-state index in [1.54, 1.807) is 22.9 Å². The summed E-state index contributed by atoms with van der Waals surface area (Å²) >= 11 is 1.41. The average molecular weight is 356 g/mol. The Balaban J connectivity index is 1.90. The number of aromatic nitrogens is 3. The fraction of sp³-hybridized carbons (Fsp3) is 0.167. The summed E-state index contributed by atoms with van der Waals surface area (Å²) in [6.45, 7) is 1.87. The number of pyridine rings is 1. The molecule has 2 aromatic heterocycles. The number of thioether (sulfide) groups is 1. The maximum absolute atomic E-state index is 13.2. The molecule has 2 heterocycles. The van der Waals surface area contributed by atoms with Gasteiger partial charge in [-0.25, -0.2) is 9.37 Å². The van der Waals surface area contributed by atoms with Crippen molar-refractivity contribution >= 4 is 17.7 Å². The largest absolute Gasteiger partial charge is 0.343 e. The van der Waals surface area contributed by atoms with Crippen LogP contribution in [0.1, 0.15) is 29.1 Å². The van der Waals surface area contributed by atoms with E-state index in [9.17, 15) is 9.18 Å². The number of rotatable bonds is 5. The molecule has 0 fully saturated rings. The number of amides is 1. The number of hydrogen-bond donors (Lipinski definition) is 1. The van der Waals surface area contributed by atoms with Gasteiger partial charge in [0.05, 0.1) is 17.9 Å². The Hall–Kier alpha value is -2.67. The Labute approximate surface area is 149 Å². The van der Waals surface area contributed by atoms with E-state index in [2.05, 4.69) is 15.3 Å². The molecule has 1 N–H and O–H groups in total.